The average Bonchev–Trinajstić information content (AvgIpc) is 3.11. The quantitative estimate of drug-likeness (QED) is 0.529. The van der Waals surface area contributed by atoms with E-state index in [-0.39, 0.29) is 11.0 Å². The lowest BCUT2D eigenvalue weighted by molar-refractivity contribution is -0.127. The molecule has 0 saturated heterocycles. The summed E-state index contributed by atoms with van der Waals surface area (Å²) in [6, 6.07) is 14.4. The number of aryl methyl sites for hydroxylation is 1. The molecule has 31 heavy (non-hydrogen) atoms. The molecule has 6 heteroatoms. The normalized spacial score (nSPS) is 19.5. The van der Waals surface area contributed by atoms with Gasteiger partial charge >= 0.3 is 0 Å². The largest absolute Gasteiger partial charge is 0.368 e. The lowest BCUT2D eigenvalue weighted by Gasteiger charge is -2.26. The van der Waals surface area contributed by atoms with Crippen LogP contribution in [-0.2, 0) is 21.2 Å². The highest BCUT2D eigenvalue weighted by Crippen LogP contribution is 2.30. The molecular weight excluding hydrogens is 410 g/mol. The Morgan fingerprint density at radius 2 is 1.87 bits per heavy atom. The van der Waals surface area contributed by atoms with Crippen molar-refractivity contribution in [1.82, 2.24) is 3.97 Å². The lowest BCUT2D eigenvalue weighted by Crippen LogP contribution is -2.27. The molecule has 0 bridgehead atoms. The molecule has 2 heterocycles. The smallest absolute Gasteiger partial charge is 0.268 e. The van der Waals surface area contributed by atoms with Crippen LogP contribution in [0.5, 0.6) is 0 Å². The van der Waals surface area contributed by atoms with Crippen molar-refractivity contribution in [3.05, 3.63) is 77.5 Å². The standard InChI is InChI=1S/C25H29NO4S/c1-3-4-7-19-14-21(30-25(27)15-19)16-20-17-26(24-9-6-5-8-23(20)24)31(28,29)22-12-10-18(2)11-13-22/h5-6,8-14,17,21,25,27H,3-4,7,15-16H2,1-2H3. The molecule has 2 aromatic carbocycles. The maximum Gasteiger partial charge on any atom is 0.268 e. The molecular formula is C25H29NO4S. The molecule has 164 valence electrons. The van der Waals surface area contributed by atoms with Crippen LogP contribution in [0.4, 0.5) is 0 Å². The van der Waals surface area contributed by atoms with Crippen LogP contribution in [0.3, 0.4) is 0 Å². The van der Waals surface area contributed by atoms with Crippen molar-refractivity contribution in [2.24, 2.45) is 0 Å². The van der Waals surface area contributed by atoms with Crippen LogP contribution < -0.4 is 0 Å². The van der Waals surface area contributed by atoms with Gasteiger partial charge in [0, 0.05) is 24.4 Å². The van der Waals surface area contributed by atoms with Gasteiger partial charge in [-0.05, 0) is 43.5 Å². The number of hydrogen-bond acceptors (Lipinski definition) is 4. The van der Waals surface area contributed by atoms with Gasteiger partial charge in [0.25, 0.3) is 10.0 Å². The Labute approximate surface area is 184 Å². The van der Waals surface area contributed by atoms with Gasteiger partial charge in [0.05, 0.1) is 16.5 Å². The van der Waals surface area contributed by atoms with E-state index in [0.29, 0.717) is 18.4 Å². The van der Waals surface area contributed by atoms with Gasteiger partial charge in [-0.1, -0.05) is 60.9 Å². The number of aliphatic hydroxyl groups excluding tert-OH is 1. The summed E-state index contributed by atoms with van der Waals surface area (Å²) in [4.78, 5) is 0.261. The number of nitrogens with zero attached hydrogens (tertiary/aromatic N) is 1. The molecule has 5 nitrogen and oxygen atoms in total. The summed E-state index contributed by atoms with van der Waals surface area (Å²) in [5, 5.41) is 11.1. The number of ether oxygens (including phenoxy) is 1. The second kappa shape index (κ2) is 8.99. The van der Waals surface area contributed by atoms with Crippen molar-refractivity contribution in [3.63, 3.8) is 0 Å². The summed E-state index contributed by atoms with van der Waals surface area (Å²) in [5.74, 6) is 0. The minimum atomic E-state index is -3.72. The molecule has 0 amide bonds. The third-order valence-corrected chi connectivity index (χ3v) is 7.49. The number of para-hydroxylation sites is 1. The molecule has 2 unspecified atom stereocenters. The van der Waals surface area contributed by atoms with E-state index in [1.807, 2.05) is 31.2 Å². The van der Waals surface area contributed by atoms with Gasteiger partial charge < -0.3 is 9.84 Å². The predicted octanol–water partition coefficient (Wildman–Crippen LogP) is 4.95. The summed E-state index contributed by atoms with van der Waals surface area (Å²) in [6.45, 7) is 4.08. The molecule has 1 aliphatic rings. The predicted molar refractivity (Wildman–Crippen MR) is 123 cm³/mol. The highest BCUT2D eigenvalue weighted by Gasteiger charge is 2.25. The second-order valence-corrected chi connectivity index (χ2v) is 10.1. The van der Waals surface area contributed by atoms with E-state index in [1.54, 1.807) is 30.5 Å². The molecule has 0 spiro atoms. The van der Waals surface area contributed by atoms with E-state index in [0.717, 1.165) is 35.8 Å². The highest BCUT2D eigenvalue weighted by atomic mass is 32.2. The van der Waals surface area contributed by atoms with Crippen molar-refractivity contribution < 1.29 is 18.3 Å². The molecule has 0 aliphatic carbocycles. The monoisotopic (exact) mass is 439 g/mol. The van der Waals surface area contributed by atoms with Gasteiger partial charge in [-0.2, -0.15) is 0 Å². The van der Waals surface area contributed by atoms with E-state index in [4.69, 9.17) is 4.74 Å². The van der Waals surface area contributed by atoms with Crippen molar-refractivity contribution in [3.8, 4) is 0 Å². The highest BCUT2D eigenvalue weighted by molar-refractivity contribution is 7.90. The second-order valence-electron chi connectivity index (χ2n) is 8.25. The van der Waals surface area contributed by atoms with Crippen LogP contribution in [0, 0.1) is 6.92 Å². The minimum absolute atomic E-state index is 0.261. The van der Waals surface area contributed by atoms with Crippen LogP contribution in [0.2, 0.25) is 0 Å². The summed E-state index contributed by atoms with van der Waals surface area (Å²) in [6.07, 6.45) is 6.89. The van der Waals surface area contributed by atoms with Crippen molar-refractivity contribution >= 4 is 20.9 Å². The Hall–Kier alpha value is -2.41. The molecule has 4 rings (SSSR count). The van der Waals surface area contributed by atoms with Crippen LogP contribution in [0.25, 0.3) is 10.9 Å². The van der Waals surface area contributed by atoms with Crippen molar-refractivity contribution in [2.75, 3.05) is 0 Å². The Balaban J connectivity index is 1.71. The van der Waals surface area contributed by atoms with Gasteiger partial charge in [-0.15, -0.1) is 0 Å². The molecule has 1 N–H and O–H groups in total. The van der Waals surface area contributed by atoms with Crippen LogP contribution in [0.15, 0.2) is 71.3 Å². The zero-order chi connectivity index (χ0) is 22.0. The van der Waals surface area contributed by atoms with E-state index in [1.165, 1.54) is 9.55 Å². The number of aliphatic hydroxyl groups is 1. The van der Waals surface area contributed by atoms with E-state index < -0.39 is 16.3 Å². The van der Waals surface area contributed by atoms with Gasteiger partial charge in [0.2, 0.25) is 0 Å². The maximum atomic E-state index is 13.4. The van der Waals surface area contributed by atoms with Crippen LogP contribution in [-0.4, -0.2) is 29.9 Å². The first-order valence-corrected chi connectivity index (χ1v) is 12.3. The van der Waals surface area contributed by atoms with Gasteiger partial charge in [-0.3, -0.25) is 0 Å². The fourth-order valence-corrected chi connectivity index (χ4v) is 5.55. The van der Waals surface area contributed by atoms with E-state index in [2.05, 4.69) is 13.0 Å². The number of aromatic nitrogens is 1. The Bertz CT molecular complexity index is 1190. The first-order chi connectivity index (χ1) is 14.9. The third-order valence-electron chi connectivity index (χ3n) is 5.80. The summed E-state index contributed by atoms with van der Waals surface area (Å²) in [7, 11) is -3.72. The Morgan fingerprint density at radius 3 is 2.61 bits per heavy atom. The van der Waals surface area contributed by atoms with Crippen molar-refractivity contribution in [1.29, 1.82) is 0 Å². The minimum Gasteiger partial charge on any atom is -0.368 e. The van der Waals surface area contributed by atoms with E-state index in [9.17, 15) is 13.5 Å². The number of hydrogen-bond donors (Lipinski definition) is 1. The molecule has 1 aromatic heterocycles. The van der Waals surface area contributed by atoms with Gasteiger partial charge in [0.1, 0.15) is 0 Å². The SMILES string of the molecule is CCCCC1=CC(Cc2cn(S(=O)(=O)c3ccc(C)cc3)c3ccccc23)OC(O)C1. The average molecular weight is 440 g/mol. The summed E-state index contributed by atoms with van der Waals surface area (Å²) < 4.78 is 33.9. The Morgan fingerprint density at radius 1 is 1.13 bits per heavy atom. The molecule has 1 aliphatic heterocycles. The first kappa shape index (κ1) is 21.8. The fraction of sp³-hybridized carbons (Fsp3) is 0.360. The van der Waals surface area contributed by atoms with Crippen LogP contribution in [0.1, 0.15) is 43.7 Å². The Kier molecular flexibility index (Phi) is 6.32. The third kappa shape index (κ3) is 4.61. The maximum absolute atomic E-state index is 13.4. The summed E-state index contributed by atoms with van der Waals surface area (Å²) >= 11 is 0. The zero-order valence-corrected chi connectivity index (χ0v) is 18.8. The topological polar surface area (TPSA) is 68.5 Å². The number of fused-ring (bicyclic) bond motifs is 1. The van der Waals surface area contributed by atoms with Gasteiger partial charge in [0.15, 0.2) is 6.29 Å². The van der Waals surface area contributed by atoms with Crippen LogP contribution >= 0.6 is 0 Å². The molecule has 0 fully saturated rings. The lowest BCUT2D eigenvalue weighted by atomic mass is 9.97. The number of unbranched alkanes of at least 4 members (excludes halogenated alkanes) is 1. The first-order valence-electron chi connectivity index (χ1n) is 10.8. The van der Waals surface area contributed by atoms with Crippen molar-refractivity contribution in [2.45, 2.75) is 63.2 Å². The number of benzene rings is 2. The molecule has 0 radical (unpaired) electrons. The number of rotatable bonds is 7. The molecule has 2 atom stereocenters. The molecule has 3 aromatic rings. The zero-order valence-electron chi connectivity index (χ0n) is 18.0. The summed E-state index contributed by atoms with van der Waals surface area (Å²) in [5.41, 5.74) is 3.75. The van der Waals surface area contributed by atoms with E-state index >= 15 is 0 Å². The van der Waals surface area contributed by atoms with Gasteiger partial charge in [-0.25, -0.2) is 12.4 Å². The molecule has 0 saturated carbocycles. The fourth-order valence-electron chi connectivity index (χ4n) is 4.16.